The second-order valence-electron chi connectivity index (χ2n) is 4.88. The highest BCUT2D eigenvalue weighted by Gasteiger charge is 2.15. The standard InChI is InChI=1S/C17H19BrFNS/c1-3-11-20-12(2)17-15(19)5-4-6-16(17)21-14-9-7-13(18)8-10-14/h4-10,12,20H,3,11H2,1-2H3. The van der Waals surface area contributed by atoms with Gasteiger partial charge in [-0.25, -0.2) is 4.39 Å². The average molecular weight is 368 g/mol. The average Bonchev–Trinajstić information content (AvgIpc) is 2.47. The maximum absolute atomic E-state index is 14.2. The van der Waals surface area contributed by atoms with Gasteiger partial charge in [-0.2, -0.15) is 0 Å². The van der Waals surface area contributed by atoms with E-state index < -0.39 is 0 Å². The smallest absolute Gasteiger partial charge is 0.129 e. The van der Waals surface area contributed by atoms with Gasteiger partial charge in [-0.15, -0.1) is 0 Å². The Labute approximate surface area is 138 Å². The molecule has 0 amide bonds. The van der Waals surface area contributed by atoms with Crippen molar-refractivity contribution in [3.8, 4) is 0 Å². The predicted octanol–water partition coefficient (Wildman–Crippen LogP) is 5.80. The lowest BCUT2D eigenvalue weighted by molar-refractivity contribution is 0.519. The third kappa shape index (κ3) is 4.56. The number of nitrogens with one attached hydrogen (secondary N) is 1. The van der Waals surface area contributed by atoms with Gasteiger partial charge < -0.3 is 5.32 Å². The van der Waals surface area contributed by atoms with Crippen LogP contribution in [0.1, 0.15) is 31.9 Å². The van der Waals surface area contributed by atoms with E-state index in [-0.39, 0.29) is 11.9 Å². The quantitative estimate of drug-likeness (QED) is 0.692. The van der Waals surface area contributed by atoms with E-state index in [1.807, 2.05) is 37.3 Å². The van der Waals surface area contributed by atoms with E-state index in [9.17, 15) is 4.39 Å². The Bertz CT molecular complexity index is 586. The van der Waals surface area contributed by atoms with Gasteiger partial charge in [0.15, 0.2) is 0 Å². The molecule has 1 atom stereocenters. The van der Waals surface area contributed by atoms with Crippen molar-refractivity contribution >= 4 is 27.7 Å². The molecule has 0 saturated carbocycles. The van der Waals surface area contributed by atoms with Crippen molar-refractivity contribution < 1.29 is 4.39 Å². The van der Waals surface area contributed by atoms with E-state index in [1.54, 1.807) is 17.8 Å². The first-order valence-electron chi connectivity index (χ1n) is 7.07. The van der Waals surface area contributed by atoms with Crippen LogP contribution in [0.3, 0.4) is 0 Å². The molecule has 0 spiro atoms. The Morgan fingerprint density at radius 1 is 1.19 bits per heavy atom. The molecule has 112 valence electrons. The number of rotatable bonds is 6. The molecular formula is C17H19BrFNS. The molecule has 1 N–H and O–H groups in total. The van der Waals surface area contributed by atoms with Gasteiger partial charge in [-0.05, 0) is 56.3 Å². The summed E-state index contributed by atoms with van der Waals surface area (Å²) in [6, 6.07) is 13.4. The van der Waals surface area contributed by atoms with Crippen LogP contribution in [0.25, 0.3) is 0 Å². The summed E-state index contributed by atoms with van der Waals surface area (Å²) < 4.78 is 15.3. The first-order chi connectivity index (χ1) is 10.1. The van der Waals surface area contributed by atoms with Crippen molar-refractivity contribution in [1.82, 2.24) is 5.32 Å². The van der Waals surface area contributed by atoms with Gasteiger partial charge in [0.05, 0.1) is 0 Å². The van der Waals surface area contributed by atoms with Crippen molar-refractivity contribution in [1.29, 1.82) is 0 Å². The summed E-state index contributed by atoms with van der Waals surface area (Å²) >= 11 is 5.03. The summed E-state index contributed by atoms with van der Waals surface area (Å²) in [5.41, 5.74) is 0.749. The molecule has 21 heavy (non-hydrogen) atoms. The molecule has 0 saturated heterocycles. The molecule has 1 nitrogen and oxygen atoms in total. The number of benzene rings is 2. The highest BCUT2D eigenvalue weighted by molar-refractivity contribution is 9.10. The van der Waals surface area contributed by atoms with Crippen molar-refractivity contribution in [3.05, 3.63) is 58.3 Å². The first-order valence-corrected chi connectivity index (χ1v) is 8.68. The van der Waals surface area contributed by atoms with Gasteiger partial charge in [-0.3, -0.25) is 0 Å². The maximum Gasteiger partial charge on any atom is 0.129 e. The summed E-state index contributed by atoms with van der Waals surface area (Å²) in [7, 11) is 0. The Balaban J connectivity index is 2.26. The van der Waals surface area contributed by atoms with Crippen molar-refractivity contribution in [2.45, 2.75) is 36.1 Å². The SMILES string of the molecule is CCCNC(C)c1c(F)cccc1Sc1ccc(Br)cc1. The predicted molar refractivity (Wildman–Crippen MR) is 91.4 cm³/mol. The molecule has 2 aromatic rings. The summed E-state index contributed by atoms with van der Waals surface area (Å²) in [6.07, 6.45) is 1.04. The zero-order chi connectivity index (χ0) is 15.2. The second kappa shape index (κ2) is 7.97. The van der Waals surface area contributed by atoms with Gasteiger partial charge in [0.1, 0.15) is 5.82 Å². The second-order valence-corrected chi connectivity index (χ2v) is 6.91. The summed E-state index contributed by atoms with van der Waals surface area (Å²) in [5, 5.41) is 3.36. The molecule has 0 aromatic heterocycles. The van der Waals surface area contributed by atoms with Crippen LogP contribution in [0.2, 0.25) is 0 Å². The molecule has 0 radical (unpaired) electrons. The fourth-order valence-corrected chi connectivity index (χ4v) is 3.44. The third-order valence-electron chi connectivity index (χ3n) is 3.19. The molecule has 0 heterocycles. The van der Waals surface area contributed by atoms with E-state index in [0.717, 1.165) is 32.8 Å². The van der Waals surface area contributed by atoms with E-state index in [1.165, 1.54) is 6.07 Å². The van der Waals surface area contributed by atoms with Gasteiger partial charge in [0.2, 0.25) is 0 Å². The van der Waals surface area contributed by atoms with Crippen LogP contribution in [-0.4, -0.2) is 6.54 Å². The van der Waals surface area contributed by atoms with E-state index >= 15 is 0 Å². The minimum atomic E-state index is -0.145. The molecule has 2 aromatic carbocycles. The van der Waals surface area contributed by atoms with Gasteiger partial charge in [0.25, 0.3) is 0 Å². The van der Waals surface area contributed by atoms with Crippen molar-refractivity contribution in [2.75, 3.05) is 6.54 Å². The van der Waals surface area contributed by atoms with Crippen LogP contribution in [0, 0.1) is 5.82 Å². The molecule has 2 rings (SSSR count). The first kappa shape index (κ1) is 16.5. The van der Waals surface area contributed by atoms with Crippen molar-refractivity contribution in [2.24, 2.45) is 0 Å². The molecule has 0 aliphatic carbocycles. The molecular weight excluding hydrogens is 349 g/mol. The largest absolute Gasteiger partial charge is 0.310 e. The molecule has 0 fully saturated rings. The van der Waals surface area contributed by atoms with E-state index in [4.69, 9.17) is 0 Å². The number of hydrogen-bond donors (Lipinski definition) is 1. The Morgan fingerprint density at radius 2 is 1.90 bits per heavy atom. The van der Waals surface area contributed by atoms with Crippen LogP contribution in [0.5, 0.6) is 0 Å². The molecule has 4 heteroatoms. The fraction of sp³-hybridized carbons (Fsp3) is 0.294. The number of halogens is 2. The van der Waals surface area contributed by atoms with Gasteiger partial charge >= 0.3 is 0 Å². The van der Waals surface area contributed by atoms with Gasteiger partial charge in [-0.1, -0.05) is 40.7 Å². The fourth-order valence-electron chi connectivity index (χ4n) is 2.12. The van der Waals surface area contributed by atoms with E-state index in [0.29, 0.717) is 0 Å². The topological polar surface area (TPSA) is 12.0 Å². The molecule has 0 aliphatic heterocycles. The highest BCUT2D eigenvalue weighted by atomic mass is 79.9. The Kier molecular flexibility index (Phi) is 6.27. The highest BCUT2D eigenvalue weighted by Crippen LogP contribution is 2.35. The molecule has 0 bridgehead atoms. The number of hydrogen-bond acceptors (Lipinski definition) is 2. The van der Waals surface area contributed by atoms with Gasteiger partial charge in [0, 0.05) is 25.9 Å². The lowest BCUT2D eigenvalue weighted by atomic mass is 10.1. The summed E-state index contributed by atoms with van der Waals surface area (Å²) in [5.74, 6) is -0.145. The van der Waals surface area contributed by atoms with E-state index in [2.05, 4.69) is 28.2 Å². The lowest BCUT2D eigenvalue weighted by Crippen LogP contribution is -2.20. The molecule has 1 unspecified atom stereocenters. The Hall–Kier alpha value is -0.840. The van der Waals surface area contributed by atoms with Crippen LogP contribution >= 0.6 is 27.7 Å². The van der Waals surface area contributed by atoms with Crippen LogP contribution in [-0.2, 0) is 0 Å². The molecule has 0 aliphatic rings. The zero-order valence-corrected chi connectivity index (χ0v) is 14.6. The Morgan fingerprint density at radius 3 is 2.57 bits per heavy atom. The normalized spacial score (nSPS) is 12.4. The van der Waals surface area contributed by atoms with Crippen LogP contribution in [0.4, 0.5) is 4.39 Å². The zero-order valence-electron chi connectivity index (χ0n) is 12.2. The minimum Gasteiger partial charge on any atom is -0.310 e. The minimum absolute atomic E-state index is 0.00379. The summed E-state index contributed by atoms with van der Waals surface area (Å²) in [6.45, 7) is 5.01. The maximum atomic E-state index is 14.2. The van der Waals surface area contributed by atoms with Crippen molar-refractivity contribution in [3.63, 3.8) is 0 Å². The monoisotopic (exact) mass is 367 g/mol. The lowest BCUT2D eigenvalue weighted by Gasteiger charge is -2.18. The summed E-state index contributed by atoms with van der Waals surface area (Å²) in [4.78, 5) is 2.07. The van der Waals surface area contributed by atoms with Crippen LogP contribution in [0.15, 0.2) is 56.7 Å². The van der Waals surface area contributed by atoms with Crippen LogP contribution < -0.4 is 5.32 Å². The third-order valence-corrected chi connectivity index (χ3v) is 4.80.